The molecule has 5 rings (SSSR count). The summed E-state index contributed by atoms with van der Waals surface area (Å²) in [6.07, 6.45) is 2.56. The molecule has 5 nitrogen and oxygen atoms in total. The number of hydrogen-bond acceptors (Lipinski definition) is 4. The lowest BCUT2D eigenvalue weighted by atomic mass is 9.97. The van der Waals surface area contributed by atoms with Crippen LogP contribution < -0.4 is 9.47 Å². The van der Waals surface area contributed by atoms with Crippen LogP contribution in [0.25, 0.3) is 11.1 Å². The van der Waals surface area contributed by atoms with Gasteiger partial charge in [-0.25, -0.2) is 0 Å². The van der Waals surface area contributed by atoms with Crippen molar-refractivity contribution < 1.29 is 19.0 Å². The number of hydrogen-bond donors (Lipinski definition) is 0. The van der Waals surface area contributed by atoms with Gasteiger partial charge in [0.05, 0.1) is 6.54 Å². The zero-order valence-corrected chi connectivity index (χ0v) is 17.8. The van der Waals surface area contributed by atoms with E-state index >= 15 is 0 Å². The van der Waals surface area contributed by atoms with Crippen molar-refractivity contribution in [2.45, 2.75) is 32.0 Å². The molecule has 29 heavy (non-hydrogen) atoms. The second kappa shape index (κ2) is 8.00. The molecule has 0 bridgehead atoms. The highest BCUT2D eigenvalue weighted by Crippen LogP contribution is 2.41. The SMILES string of the molecule is O=C(C1CCOCC1)N1CC[C@H](Oc2ccc3c(c2)OCc2ccc(Br)cc2-3)C1. The number of rotatable bonds is 3. The average molecular weight is 458 g/mol. The third kappa shape index (κ3) is 3.88. The van der Waals surface area contributed by atoms with Gasteiger partial charge in [0, 0.05) is 48.2 Å². The fraction of sp³-hybridized carbons (Fsp3) is 0.435. The van der Waals surface area contributed by atoms with Gasteiger partial charge in [-0.2, -0.15) is 0 Å². The van der Waals surface area contributed by atoms with Crippen LogP contribution in [0.5, 0.6) is 11.5 Å². The van der Waals surface area contributed by atoms with Gasteiger partial charge in [0.2, 0.25) is 5.91 Å². The van der Waals surface area contributed by atoms with Gasteiger partial charge in [-0.15, -0.1) is 0 Å². The first-order valence-electron chi connectivity index (χ1n) is 10.3. The van der Waals surface area contributed by atoms with Crippen molar-refractivity contribution in [3.8, 4) is 22.6 Å². The van der Waals surface area contributed by atoms with E-state index in [4.69, 9.17) is 14.2 Å². The minimum atomic E-state index is 0.0295. The van der Waals surface area contributed by atoms with Crippen LogP contribution >= 0.6 is 15.9 Å². The Morgan fingerprint density at radius 2 is 1.93 bits per heavy atom. The van der Waals surface area contributed by atoms with Gasteiger partial charge < -0.3 is 19.1 Å². The Morgan fingerprint density at radius 1 is 1.07 bits per heavy atom. The molecule has 2 aromatic carbocycles. The molecule has 0 aliphatic carbocycles. The largest absolute Gasteiger partial charge is 0.488 e. The van der Waals surface area contributed by atoms with Crippen LogP contribution in [0.15, 0.2) is 40.9 Å². The molecule has 0 saturated carbocycles. The Bertz CT molecular complexity index is 925. The molecule has 2 fully saturated rings. The van der Waals surface area contributed by atoms with Crippen molar-refractivity contribution in [3.05, 3.63) is 46.4 Å². The average Bonchev–Trinajstić information content (AvgIpc) is 3.22. The number of ether oxygens (including phenoxy) is 3. The van der Waals surface area contributed by atoms with E-state index < -0.39 is 0 Å². The molecule has 3 aliphatic rings. The molecule has 0 N–H and O–H groups in total. The molecule has 152 valence electrons. The summed E-state index contributed by atoms with van der Waals surface area (Å²) in [5, 5.41) is 0. The van der Waals surface area contributed by atoms with E-state index in [0.717, 1.165) is 47.3 Å². The Balaban J connectivity index is 1.26. The number of halogens is 1. The molecule has 2 saturated heterocycles. The molecular weight excluding hydrogens is 434 g/mol. The third-order valence-corrected chi connectivity index (χ3v) is 6.52. The molecule has 1 atom stereocenters. The maximum absolute atomic E-state index is 12.7. The van der Waals surface area contributed by atoms with Crippen molar-refractivity contribution in [1.29, 1.82) is 0 Å². The summed E-state index contributed by atoms with van der Waals surface area (Å²) in [4.78, 5) is 14.7. The van der Waals surface area contributed by atoms with Gasteiger partial charge in [-0.05, 0) is 48.2 Å². The molecule has 1 amide bonds. The first-order chi connectivity index (χ1) is 14.2. The van der Waals surface area contributed by atoms with Gasteiger partial charge in [-0.3, -0.25) is 4.79 Å². The Kier molecular flexibility index (Phi) is 5.22. The van der Waals surface area contributed by atoms with Gasteiger partial charge in [-0.1, -0.05) is 22.0 Å². The predicted molar refractivity (Wildman–Crippen MR) is 113 cm³/mol. The number of benzene rings is 2. The van der Waals surface area contributed by atoms with Crippen molar-refractivity contribution in [3.63, 3.8) is 0 Å². The maximum atomic E-state index is 12.7. The molecule has 6 heteroatoms. The van der Waals surface area contributed by atoms with Gasteiger partial charge >= 0.3 is 0 Å². The minimum Gasteiger partial charge on any atom is -0.488 e. The molecular formula is C23H24BrNO4. The first-order valence-corrected chi connectivity index (χ1v) is 11.1. The van der Waals surface area contributed by atoms with E-state index in [1.807, 2.05) is 23.1 Å². The zero-order valence-electron chi connectivity index (χ0n) is 16.2. The van der Waals surface area contributed by atoms with Crippen LogP contribution in [0, 0.1) is 5.92 Å². The molecule has 0 aromatic heterocycles. The van der Waals surface area contributed by atoms with Crippen molar-refractivity contribution in [2.24, 2.45) is 5.92 Å². The van der Waals surface area contributed by atoms with Crippen molar-refractivity contribution in [1.82, 2.24) is 4.90 Å². The predicted octanol–water partition coefficient (Wildman–Crippen LogP) is 4.41. The van der Waals surface area contributed by atoms with Crippen molar-refractivity contribution in [2.75, 3.05) is 26.3 Å². The summed E-state index contributed by atoms with van der Waals surface area (Å²) in [6.45, 7) is 3.38. The smallest absolute Gasteiger partial charge is 0.225 e. The normalized spacial score (nSPS) is 21.3. The second-order valence-electron chi connectivity index (χ2n) is 7.95. The molecule has 0 spiro atoms. The van der Waals surface area contributed by atoms with Crippen LogP contribution in [0.2, 0.25) is 0 Å². The molecule has 3 aliphatic heterocycles. The lowest BCUT2D eigenvalue weighted by molar-refractivity contribution is -0.137. The minimum absolute atomic E-state index is 0.0295. The Labute approximate surface area is 179 Å². The molecule has 0 unspecified atom stereocenters. The van der Waals surface area contributed by atoms with Crippen LogP contribution in [-0.4, -0.2) is 43.2 Å². The Hall–Kier alpha value is -2.05. The summed E-state index contributed by atoms with van der Waals surface area (Å²) >= 11 is 3.56. The van der Waals surface area contributed by atoms with E-state index in [0.29, 0.717) is 26.4 Å². The fourth-order valence-electron chi connectivity index (χ4n) is 4.42. The zero-order chi connectivity index (χ0) is 19.8. The standard InChI is InChI=1S/C23H24BrNO4/c24-17-2-1-16-14-28-22-12-18(3-4-20(22)21(16)11-17)29-19-5-8-25(13-19)23(26)15-6-9-27-10-7-15/h1-4,11-12,15,19H,5-10,13-14H2/t19-/m0/s1. The Morgan fingerprint density at radius 3 is 2.79 bits per heavy atom. The van der Waals surface area contributed by atoms with E-state index in [1.165, 1.54) is 11.1 Å². The van der Waals surface area contributed by atoms with Crippen LogP contribution in [0.4, 0.5) is 0 Å². The van der Waals surface area contributed by atoms with Crippen LogP contribution in [0.3, 0.4) is 0 Å². The first kappa shape index (κ1) is 18.9. The third-order valence-electron chi connectivity index (χ3n) is 6.03. The number of amides is 1. The van der Waals surface area contributed by atoms with E-state index in [2.05, 4.69) is 34.1 Å². The van der Waals surface area contributed by atoms with E-state index in [1.54, 1.807) is 0 Å². The van der Waals surface area contributed by atoms with E-state index in [9.17, 15) is 4.79 Å². The monoisotopic (exact) mass is 457 g/mol. The van der Waals surface area contributed by atoms with Crippen molar-refractivity contribution >= 4 is 21.8 Å². The fourth-order valence-corrected chi connectivity index (χ4v) is 4.78. The second-order valence-corrected chi connectivity index (χ2v) is 8.86. The highest BCUT2D eigenvalue weighted by molar-refractivity contribution is 9.10. The van der Waals surface area contributed by atoms with E-state index in [-0.39, 0.29) is 17.9 Å². The summed E-state index contributed by atoms with van der Waals surface area (Å²) in [7, 11) is 0. The van der Waals surface area contributed by atoms with Gasteiger partial charge in [0.25, 0.3) is 0 Å². The highest BCUT2D eigenvalue weighted by Gasteiger charge is 2.32. The topological polar surface area (TPSA) is 48.0 Å². The van der Waals surface area contributed by atoms with Gasteiger partial charge in [0.1, 0.15) is 24.2 Å². The number of nitrogens with zero attached hydrogens (tertiary/aromatic N) is 1. The summed E-state index contributed by atoms with van der Waals surface area (Å²) in [5.74, 6) is 2.02. The molecule has 3 heterocycles. The summed E-state index contributed by atoms with van der Waals surface area (Å²) < 4.78 is 18.6. The van der Waals surface area contributed by atoms with Crippen LogP contribution in [-0.2, 0) is 16.1 Å². The van der Waals surface area contributed by atoms with Gasteiger partial charge in [0.15, 0.2) is 0 Å². The highest BCUT2D eigenvalue weighted by atomic mass is 79.9. The summed E-state index contributed by atoms with van der Waals surface area (Å²) in [6, 6.07) is 12.3. The quantitative estimate of drug-likeness (QED) is 0.684. The number of fused-ring (bicyclic) bond motifs is 3. The number of carbonyl (C=O) groups excluding carboxylic acids is 1. The summed E-state index contributed by atoms with van der Waals surface area (Å²) in [5.41, 5.74) is 3.47. The lowest BCUT2D eigenvalue weighted by Crippen LogP contribution is -2.38. The molecule has 2 aromatic rings. The number of carbonyl (C=O) groups is 1. The number of likely N-dealkylation sites (tertiary alicyclic amines) is 1. The maximum Gasteiger partial charge on any atom is 0.225 e. The molecule has 0 radical (unpaired) electrons. The lowest BCUT2D eigenvalue weighted by Gasteiger charge is -2.26. The van der Waals surface area contributed by atoms with Crippen LogP contribution in [0.1, 0.15) is 24.8 Å².